The summed E-state index contributed by atoms with van der Waals surface area (Å²) in [7, 11) is -2.68. The minimum absolute atomic E-state index is 0.0243. The lowest BCUT2D eigenvalue weighted by Gasteiger charge is -2.31. The van der Waals surface area contributed by atoms with Crippen molar-refractivity contribution in [1.82, 2.24) is 20.4 Å². The molecule has 1 aliphatic rings. The van der Waals surface area contributed by atoms with Crippen LogP contribution in [0.5, 0.6) is 11.5 Å². The van der Waals surface area contributed by atoms with Crippen LogP contribution in [0, 0.1) is 0 Å². The van der Waals surface area contributed by atoms with Crippen molar-refractivity contribution in [2.24, 2.45) is 4.99 Å². The minimum Gasteiger partial charge on any atom is -0.490 e. The van der Waals surface area contributed by atoms with Crippen molar-refractivity contribution in [3.63, 3.8) is 0 Å². The predicted molar refractivity (Wildman–Crippen MR) is 262 cm³/mol. The number of ether oxygens (including phenoxy) is 2. The number of benzene rings is 3. The van der Waals surface area contributed by atoms with Crippen molar-refractivity contribution in [3.05, 3.63) is 132 Å². The molecule has 0 spiro atoms. The lowest BCUT2D eigenvalue weighted by atomic mass is 9.90. The van der Waals surface area contributed by atoms with Gasteiger partial charge in [-0.05, 0) is 137 Å². The van der Waals surface area contributed by atoms with Gasteiger partial charge >= 0.3 is 7.40 Å². The molecule has 0 aliphatic carbocycles. The van der Waals surface area contributed by atoms with E-state index in [1.807, 2.05) is 104 Å². The van der Waals surface area contributed by atoms with Crippen molar-refractivity contribution in [2.75, 3.05) is 26.3 Å². The van der Waals surface area contributed by atoms with Crippen LogP contribution < -0.4 is 25.4 Å². The molecule has 0 bridgehead atoms. The number of aromatic nitrogens is 1. The molecule has 65 heavy (non-hydrogen) atoms. The average molecular weight is 904 g/mol. The molecule has 6 rings (SSSR count). The van der Waals surface area contributed by atoms with Crippen LogP contribution in [0.4, 0.5) is 8.63 Å². The predicted octanol–water partition coefficient (Wildman–Crippen LogP) is 10.1. The fourth-order valence-corrected chi connectivity index (χ4v) is 8.29. The van der Waals surface area contributed by atoms with Crippen LogP contribution in [0.15, 0.2) is 125 Å². The normalized spacial score (nSPS) is 14.0. The summed E-state index contributed by atoms with van der Waals surface area (Å²) in [5.74, 6) is 1.14. The van der Waals surface area contributed by atoms with Crippen LogP contribution in [-0.2, 0) is 9.59 Å². The van der Waals surface area contributed by atoms with Gasteiger partial charge in [-0.25, -0.2) is 4.99 Å². The van der Waals surface area contributed by atoms with Crippen LogP contribution in [0.1, 0.15) is 83.9 Å². The molecule has 5 aromatic rings. The third-order valence-electron chi connectivity index (χ3n) is 11.1. The van der Waals surface area contributed by atoms with E-state index in [4.69, 9.17) is 9.47 Å². The van der Waals surface area contributed by atoms with Gasteiger partial charge in [-0.3, -0.25) is 18.2 Å². The van der Waals surface area contributed by atoms with Gasteiger partial charge in [0.1, 0.15) is 24.2 Å². The molecule has 3 aromatic carbocycles. The SMILES string of the molecule is CC(C)(CCCC(C)(C)NC(=O)CCCCCNC(=O)COc1ccc(/C=C/C2=NC(=C\c3ccc(-c4cccs4)n3B(F)F)/C=C2)cc1)NC[C@H](O)COc1cccc2ccccc12. The van der Waals surface area contributed by atoms with E-state index in [0.717, 1.165) is 70.0 Å². The fourth-order valence-electron chi connectivity index (χ4n) is 7.54. The first-order valence-corrected chi connectivity index (χ1v) is 23.2. The molecule has 0 saturated carbocycles. The van der Waals surface area contributed by atoms with E-state index in [2.05, 4.69) is 34.8 Å². The number of nitrogens with zero attached hydrogens (tertiary/aromatic N) is 2. The largest absolute Gasteiger partial charge is 0.678 e. The number of unbranched alkanes of at least 4 members (excludes halogenated alkanes) is 2. The maximum Gasteiger partial charge on any atom is 0.678 e. The van der Waals surface area contributed by atoms with Gasteiger partial charge in [0.25, 0.3) is 5.91 Å². The number of hydrogen-bond acceptors (Lipinski definition) is 8. The Bertz CT molecular complexity index is 2460. The molecule has 0 unspecified atom stereocenters. The molecule has 2 aromatic heterocycles. The third kappa shape index (κ3) is 15.4. The Morgan fingerprint density at radius 3 is 2.42 bits per heavy atom. The zero-order valence-corrected chi connectivity index (χ0v) is 38.5. The first-order chi connectivity index (χ1) is 31.2. The first-order valence-electron chi connectivity index (χ1n) is 22.3. The first kappa shape index (κ1) is 48.6. The van der Waals surface area contributed by atoms with Crippen molar-refractivity contribution in [2.45, 2.75) is 89.8 Å². The summed E-state index contributed by atoms with van der Waals surface area (Å²) in [6.45, 7) is 9.35. The number of amides is 2. The van der Waals surface area contributed by atoms with Gasteiger partial charge < -0.3 is 35.0 Å². The van der Waals surface area contributed by atoms with Crippen LogP contribution in [0.3, 0.4) is 0 Å². The number of aliphatic hydroxyl groups is 1. The summed E-state index contributed by atoms with van der Waals surface area (Å²) < 4.78 is 40.6. The van der Waals surface area contributed by atoms with Gasteiger partial charge in [0.15, 0.2) is 6.61 Å². The fraction of sp³-hybridized carbons (Fsp3) is 0.353. The highest BCUT2D eigenvalue weighted by molar-refractivity contribution is 7.13. The molecule has 2 amide bonds. The molecule has 0 radical (unpaired) electrons. The molecule has 10 nitrogen and oxygen atoms in total. The van der Waals surface area contributed by atoms with Gasteiger partial charge in [-0.15, -0.1) is 11.3 Å². The van der Waals surface area contributed by atoms with Crippen molar-refractivity contribution >= 4 is 59.2 Å². The highest BCUT2D eigenvalue weighted by Gasteiger charge is 2.25. The van der Waals surface area contributed by atoms with Crippen molar-refractivity contribution in [3.8, 4) is 22.1 Å². The number of rotatable bonds is 25. The minimum atomic E-state index is -2.68. The lowest BCUT2D eigenvalue weighted by Crippen LogP contribution is -2.46. The molecule has 342 valence electrons. The molecule has 3 heterocycles. The average Bonchev–Trinajstić information content (AvgIpc) is 4.07. The topological polar surface area (TPSA) is 126 Å². The highest BCUT2D eigenvalue weighted by Crippen LogP contribution is 2.30. The number of aliphatic imine (C=N–C) groups is 1. The monoisotopic (exact) mass is 903 g/mol. The summed E-state index contributed by atoms with van der Waals surface area (Å²) in [4.78, 5) is 30.5. The van der Waals surface area contributed by atoms with Gasteiger partial charge in [-0.2, -0.15) is 0 Å². The number of carbonyl (C=O) groups excluding carboxylic acids is 2. The van der Waals surface area contributed by atoms with Crippen LogP contribution in [-0.4, -0.2) is 78.0 Å². The second-order valence-electron chi connectivity index (χ2n) is 17.6. The third-order valence-corrected chi connectivity index (χ3v) is 12.0. The Morgan fingerprint density at radius 2 is 1.63 bits per heavy atom. The van der Waals surface area contributed by atoms with E-state index in [1.165, 1.54) is 11.3 Å². The van der Waals surface area contributed by atoms with Crippen LogP contribution in [0.2, 0.25) is 0 Å². The number of aliphatic hydroxyl groups excluding tert-OH is 1. The van der Waals surface area contributed by atoms with Gasteiger partial charge in [0.2, 0.25) is 5.91 Å². The second kappa shape index (κ2) is 23.4. The molecular formula is C51H60BF2N5O5S. The summed E-state index contributed by atoms with van der Waals surface area (Å²) in [6, 6.07) is 28.3. The van der Waals surface area contributed by atoms with Crippen LogP contribution >= 0.6 is 11.3 Å². The number of hydrogen-bond donors (Lipinski definition) is 4. The summed E-state index contributed by atoms with van der Waals surface area (Å²) in [5.41, 5.74) is 2.49. The molecule has 14 heteroatoms. The van der Waals surface area contributed by atoms with E-state index in [0.29, 0.717) is 48.1 Å². The maximum atomic E-state index is 14.0. The van der Waals surface area contributed by atoms with Gasteiger partial charge in [0, 0.05) is 46.5 Å². The summed E-state index contributed by atoms with van der Waals surface area (Å²) >= 11 is 1.42. The molecule has 0 fully saturated rings. The van der Waals surface area contributed by atoms with E-state index >= 15 is 0 Å². The Hall–Kier alpha value is -5.83. The van der Waals surface area contributed by atoms with E-state index in [-0.39, 0.29) is 36.1 Å². The number of β-amino-alcohol motifs (C(OH)–C–C–N with tert-alkyl or cyclic N) is 1. The zero-order valence-electron chi connectivity index (χ0n) is 37.7. The highest BCUT2D eigenvalue weighted by atomic mass is 32.1. The molecule has 1 aliphatic heterocycles. The van der Waals surface area contributed by atoms with E-state index < -0.39 is 13.5 Å². The molecular weight excluding hydrogens is 843 g/mol. The Kier molecular flexibility index (Phi) is 17.5. The molecule has 0 saturated heterocycles. The quantitative estimate of drug-likeness (QED) is 0.0341. The van der Waals surface area contributed by atoms with Crippen molar-refractivity contribution in [1.29, 1.82) is 0 Å². The number of fused-ring (bicyclic) bond motifs is 1. The second-order valence-corrected chi connectivity index (χ2v) is 18.5. The number of allylic oxidation sites excluding steroid dienone is 3. The Balaban J connectivity index is 0.798. The smallest absolute Gasteiger partial charge is 0.490 e. The van der Waals surface area contributed by atoms with Gasteiger partial charge in [0.05, 0.1) is 17.1 Å². The van der Waals surface area contributed by atoms with Gasteiger partial charge in [-0.1, -0.05) is 67.1 Å². The Morgan fingerprint density at radius 1 is 0.846 bits per heavy atom. The number of halogens is 2. The molecule has 1 atom stereocenters. The zero-order chi connectivity index (χ0) is 46.2. The summed E-state index contributed by atoms with van der Waals surface area (Å²) in [6.07, 6.45) is 13.7. The summed E-state index contributed by atoms with van der Waals surface area (Å²) in [5, 5.41) is 24.2. The van der Waals surface area contributed by atoms with Crippen molar-refractivity contribution < 1.29 is 32.8 Å². The number of nitrogens with one attached hydrogen (secondary N) is 3. The maximum absolute atomic E-state index is 14.0. The van der Waals surface area contributed by atoms with Crippen LogP contribution in [0.25, 0.3) is 33.5 Å². The number of carbonyl (C=O) groups is 2. The van der Waals surface area contributed by atoms with E-state index in [1.54, 1.807) is 36.4 Å². The standard InChI is InChI=1S/C51H60BF2N5O5S/c1-50(2,56-34-42(60)35-64-46-16-10-14-38-13-7-8-15-44(38)46)29-12-30-51(3,4)58-48(61)18-6-5-9-31-55-49(62)36-63-43-26-20-37(21-27-43)19-22-39-23-24-40(57-39)33-41-25-28-45(59(41)52(53)54)47-17-11-32-65-47/h7-8,10-11,13-17,19-28,32-33,42,56,60H,5-6,9,12,18,29-31,34-36H2,1-4H3,(H,55,62)(H,58,61)/b22-19+,40-33-/t42-/m0/s1. The van der Waals surface area contributed by atoms with E-state index in [9.17, 15) is 23.3 Å². The Labute approximate surface area is 385 Å². The lowest BCUT2D eigenvalue weighted by molar-refractivity contribution is -0.124. The molecule has 4 N–H and O–H groups in total. The number of thiophene rings is 1.